The normalized spacial score (nSPS) is 15.4. The van der Waals surface area contributed by atoms with Gasteiger partial charge in [0.1, 0.15) is 5.76 Å². The Morgan fingerprint density at radius 3 is 2.71 bits per heavy atom. The minimum Gasteiger partial charge on any atom is -0.448 e. The summed E-state index contributed by atoms with van der Waals surface area (Å²) >= 11 is 5.71. The van der Waals surface area contributed by atoms with Crippen LogP contribution >= 0.6 is 11.6 Å². The van der Waals surface area contributed by atoms with E-state index in [4.69, 9.17) is 21.9 Å². The van der Waals surface area contributed by atoms with Gasteiger partial charge < -0.3 is 4.42 Å². The molecule has 0 aromatic carbocycles. The number of rotatable bonds is 5. The Labute approximate surface area is 89.6 Å². The Kier molecular flexibility index (Phi) is 4.45. The van der Waals surface area contributed by atoms with E-state index >= 15 is 0 Å². The molecule has 1 aromatic rings. The van der Waals surface area contributed by atoms with Gasteiger partial charge in [0, 0.05) is 0 Å². The number of nitrogens with two attached hydrogens (primary N) is 1. The summed E-state index contributed by atoms with van der Waals surface area (Å²) in [4.78, 5) is 0. The first-order chi connectivity index (χ1) is 6.69. The lowest BCUT2D eigenvalue weighted by Gasteiger charge is -2.20. The number of nitrogens with one attached hydrogen (secondary N) is 1. The number of halogens is 1. The SMILES string of the molecule is CCCC(C)C(NN)c1ccc(Cl)o1. The molecule has 1 rings (SSSR count). The minimum atomic E-state index is 0.0439. The zero-order valence-corrected chi connectivity index (χ0v) is 9.34. The van der Waals surface area contributed by atoms with Gasteiger partial charge in [-0.25, -0.2) is 5.43 Å². The molecule has 1 heterocycles. The van der Waals surface area contributed by atoms with Crippen molar-refractivity contribution in [2.75, 3.05) is 0 Å². The predicted molar refractivity (Wildman–Crippen MR) is 57.9 cm³/mol. The van der Waals surface area contributed by atoms with Crippen LogP contribution in [-0.4, -0.2) is 0 Å². The van der Waals surface area contributed by atoms with Crippen molar-refractivity contribution >= 4 is 11.6 Å². The van der Waals surface area contributed by atoms with Gasteiger partial charge in [-0.1, -0.05) is 20.3 Å². The Balaban J connectivity index is 2.71. The number of hydrazine groups is 1. The third kappa shape index (κ3) is 2.74. The van der Waals surface area contributed by atoms with Crippen LogP contribution < -0.4 is 11.3 Å². The zero-order chi connectivity index (χ0) is 10.6. The highest BCUT2D eigenvalue weighted by Crippen LogP contribution is 2.27. The molecule has 0 saturated carbocycles. The molecular weight excluding hydrogens is 200 g/mol. The van der Waals surface area contributed by atoms with Crippen molar-refractivity contribution in [3.8, 4) is 0 Å². The lowest BCUT2D eigenvalue weighted by atomic mass is 9.96. The van der Waals surface area contributed by atoms with Gasteiger partial charge >= 0.3 is 0 Å². The van der Waals surface area contributed by atoms with Crippen molar-refractivity contribution in [1.82, 2.24) is 5.43 Å². The van der Waals surface area contributed by atoms with E-state index in [1.54, 1.807) is 6.07 Å². The van der Waals surface area contributed by atoms with Crippen LogP contribution in [0.1, 0.15) is 38.5 Å². The summed E-state index contributed by atoms with van der Waals surface area (Å²) in [6.45, 7) is 4.30. The van der Waals surface area contributed by atoms with Crippen molar-refractivity contribution in [3.63, 3.8) is 0 Å². The van der Waals surface area contributed by atoms with Gasteiger partial charge in [-0.2, -0.15) is 0 Å². The minimum absolute atomic E-state index is 0.0439. The third-order valence-electron chi connectivity index (χ3n) is 2.39. The molecule has 3 N–H and O–H groups in total. The first-order valence-corrected chi connectivity index (χ1v) is 5.28. The second kappa shape index (κ2) is 5.39. The molecule has 80 valence electrons. The van der Waals surface area contributed by atoms with Gasteiger partial charge in [-0.15, -0.1) is 0 Å². The third-order valence-corrected chi connectivity index (χ3v) is 2.60. The fraction of sp³-hybridized carbons (Fsp3) is 0.600. The summed E-state index contributed by atoms with van der Waals surface area (Å²) in [5.41, 5.74) is 2.76. The van der Waals surface area contributed by atoms with Crippen LogP contribution in [0.5, 0.6) is 0 Å². The highest BCUT2D eigenvalue weighted by molar-refractivity contribution is 6.28. The molecule has 3 nitrogen and oxygen atoms in total. The maximum atomic E-state index is 5.71. The van der Waals surface area contributed by atoms with Crippen LogP contribution in [0.3, 0.4) is 0 Å². The van der Waals surface area contributed by atoms with Gasteiger partial charge in [0.15, 0.2) is 5.22 Å². The molecule has 0 fully saturated rings. The molecule has 2 unspecified atom stereocenters. The fourth-order valence-electron chi connectivity index (χ4n) is 1.64. The second-order valence-corrected chi connectivity index (χ2v) is 3.92. The van der Waals surface area contributed by atoms with Crippen molar-refractivity contribution in [1.29, 1.82) is 0 Å². The van der Waals surface area contributed by atoms with E-state index in [1.807, 2.05) is 6.07 Å². The largest absolute Gasteiger partial charge is 0.448 e. The van der Waals surface area contributed by atoms with Crippen LogP contribution in [0.4, 0.5) is 0 Å². The lowest BCUT2D eigenvalue weighted by Crippen LogP contribution is -2.32. The van der Waals surface area contributed by atoms with E-state index in [1.165, 1.54) is 0 Å². The van der Waals surface area contributed by atoms with E-state index in [0.717, 1.165) is 18.6 Å². The number of hydrogen-bond acceptors (Lipinski definition) is 3. The Morgan fingerprint density at radius 2 is 2.29 bits per heavy atom. The van der Waals surface area contributed by atoms with Crippen LogP contribution in [0.15, 0.2) is 16.5 Å². The average Bonchev–Trinajstić information content (AvgIpc) is 2.54. The molecule has 0 bridgehead atoms. The first kappa shape index (κ1) is 11.6. The van der Waals surface area contributed by atoms with Crippen LogP contribution in [-0.2, 0) is 0 Å². The monoisotopic (exact) mass is 216 g/mol. The van der Waals surface area contributed by atoms with Gasteiger partial charge in [-0.3, -0.25) is 5.84 Å². The van der Waals surface area contributed by atoms with Crippen LogP contribution in [0.2, 0.25) is 5.22 Å². The maximum absolute atomic E-state index is 5.71. The Hall–Kier alpha value is -0.510. The summed E-state index contributed by atoms with van der Waals surface area (Å²) < 4.78 is 5.33. The highest BCUT2D eigenvalue weighted by atomic mass is 35.5. The van der Waals surface area contributed by atoms with Crippen molar-refractivity contribution in [2.24, 2.45) is 11.8 Å². The standard InChI is InChI=1S/C10H17ClN2O/c1-3-4-7(2)10(13-12)8-5-6-9(11)14-8/h5-7,10,13H,3-4,12H2,1-2H3. The number of hydrogen-bond donors (Lipinski definition) is 2. The molecule has 0 aliphatic rings. The Bertz CT molecular complexity index is 275. The van der Waals surface area contributed by atoms with Crippen LogP contribution in [0, 0.1) is 5.92 Å². The van der Waals surface area contributed by atoms with Gasteiger partial charge in [-0.05, 0) is 36.1 Å². The van der Waals surface area contributed by atoms with E-state index in [-0.39, 0.29) is 6.04 Å². The first-order valence-electron chi connectivity index (χ1n) is 4.90. The topological polar surface area (TPSA) is 51.2 Å². The second-order valence-electron chi connectivity index (χ2n) is 3.55. The summed E-state index contributed by atoms with van der Waals surface area (Å²) in [5, 5.41) is 0.406. The quantitative estimate of drug-likeness (QED) is 0.588. The van der Waals surface area contributed by atoms with E-state index in [9.17, 15) is 0 Å². The van der Waals surface area contributed by atoms with E-state index in [2.05, 4.69) is 19.3 Å². The lowest BCUT2D eigenvalue weighted by molar-refractivity contribution is 0.314. The smallest absolute Gasteiger partial charge is 0.193 e. The summed E-state index contributed by atoms with van der Waals surface area (Å²) in [6, 6.07) is 3.64. The van der Waals surface area contributed by atoms with Gasteiger partial charge in [0.05, 0.1) is 6.04 Å². The molecule has 0 saturated heterocycles. The molecular formula is C10H17ClN2O. The van der Waals surface area contributed by atoms with Gasteiger partial charge in [0.2, 0.25) is 0 Å². The summed E-state index contributed by atoms with van der Waals surface area (Å²) in [6.07, 6.45) is 2.24. The molecule has 0 radical (unpaired) electrons. The van der Waals surface area contributed by atoms with E-state index in [0.29, 0.717) is 11.1 Å². The molecule has 0 aliphatic carbocycles. The van der Waals surface area contributed by atoms with Crippen LogP contribution in [0.25, 0.3) is 0 Å². The molecule has 0 amide bonds. The predicted octanol–water partition coefficient (Wildman–Crippen LogP) is 2.87. The van der Waals surface area contributed by atoms with Crippen molar-refractivity contribution in [2.45, 2.75) is 32.7 Å². The van der Waals surface area contributed by atoms with Crippen molar-refractivity contribution in [3.05, 3.63) is 23.1 Å². The summed E-state index contributed by atoms with van der Waals surface area (Å²) in [7, 11) is 0. The zero-order valence-electron chi connectivity index (χ0n) is 8.59. The average molecular weight is 217 g/mol. The van der Waals surface area contributed by atoms with E-state index < -0.39 is 0 Å². The molecule has 1 aromatic heterocycles. The summed E-state index contributed by atoms with van der Waals surface area (Å²) in [5.74, 6) is 6.73. The molecule has 4 heteroatoms. The molecule has 0 spiro atoms. The maximum Gasteiger partial charge on any atom is 0.193 e. The van der Waals surface area contributed by atoms with Crippen molar-refractivity contribution < 1.29 is 4.42 Å². The molecule has 14 heavy (non-hydrogen) atoms. The molecule has 0 aliphatic heterocycles. The highest BCUT2D eigenvalue weighted by Gasteiger charge is 2.20. The molecule has 2 atom stereocenters. The number of furan rings is 1. The Morgan fingerprint density at radius 1 is 1.57 bits per heavy atom. The van der Waals surface area contributed by atoms with Gasteiger partial charge in [0.25, 0.3) is 0 Å². The fourth-order valence-corrected chi connectivity index (χ4v) is 1.80.